The fourth-order valence-corrected chi connectivity index (χ4v) is 7.40. The van der Waals surface area contributed by atoms with Crippen LogP contribution in [0.3, 0.4) is 0 Å². The molecule has 2 aromatic heterocycles. The van der Waals surface area contributed by atoms with Crippen molar-refractivity contribution in [2.45, 2.75) is 18.5 Å². The molecule has 0 amide bonds. The summed E-state index contributed by atoms with van der Waals surface area (Å²) in [6.45, 7) is 0. The van der Waals surface area contributed by atoms with Crippen molar-refractivity contribution in [3.63, 3.8) is 0 Å². The van der Waals surface area contributed by atoms with Crippen LogP contribution < -0.4 is 0 Å². The average molecular weight is 831 g/mol. The molecule has 0 aliphatic carbocycles. The largest absolute Gasteiger partial charge is 0.416 e. The lowest BCUT2D eigenvalue weighted by Gasteiger charge is -2.17. The molecule has 9 rings (SSSR count). The molecule has 61 heavy (non-hydrogen) atoms. The molecule has 7 aromatic carbocycles. The minimum atomic E-state index is -5.07. The van der Waals surface area contributed by atoms with Crippen LogP contribution in [0.15, 0.2) is 164 Å². The number of hydrogen-bond donors (Lipinski definition) is 0. The van der Waals surface area contributed by atoms with Crippen LogP contribution in [0.5, 0.6) is 0 Å². The summed E-state index contributed by atoms with van der Waals surface area (Å²) in [5.74, 6) is 0.907. The van der Waals surface area contributed by atoms with Gasteiger partial charge in [-0.1, -0.05) is 109 Å². The van der Waals surface area contributed by atoms with Gasteiger partial charge in [0, 0.05) is 27.5 Å². The van der Waals surface area contributed by atoms with E-state index < -0.39 is 35.2 Å². The first kappa shape index (κ1) is 39.2. The fraction of sp³-hybridized carbons (Fsp3) is 0.0625. The van der Waals surface area contributed by atoms with Gasteiger partial charge in [-0.25, -0.2) is 15.0 Å². The lowest BCUT2D eigenvalue weighted by atomic mass is 9.98. The third-order valence-corrected chi connectivity index (χ3v) is 10.3. The van der Waals surface area contributed by atoms with Gasteiger partial charge in [0.15, 0.2) is 17.5 Å². The Kier molecular flexibility index (Phi) is 9.49. The van der Waals surface area contributed by atoms with E-state index in [0.29, 0.717) is 79.1 Å². The Hall–Kier alpha value is -7.28. The zero-order valence-corrected chi connectivity index (χ0v) is 31.3. The van der Waals surface area contributed by atoms with Crippen LogP contribution in [-0.2, 0) is 18.5 Å². The molecule has 4 nitrogen and oxygen atoms in total. The van der Waals surface area contributed by atoms with E-state index in [9.17, 15) is 39.5 Å². The maximum Gasteiger partial charge on any atom is 0.416 e. The molecule has 0 bridgehead atoms. The highest BCUT2D eigenvalue weighted by Gasteiger charge is 2.37. The number of rotatable bonds is 6. The lowest BCUT2D eigenvalue weighted by molar-refractivity contribution is -0.143. The van der Waals surface area contributed by atoms with Gasteiger partial charge in [0.05, 0.1) is 33.4 Å². The number of halogens is 9. The second-order valence-electron chi connectivity index (χ2n) is 14.2. The number of fused-ring (bicyclic) bond motifs is 3. The smallest absolute Gasteiger partial charge is 0.308 e. The van der Waals surface area contributed by atoms with Gasteiger partial charge in [0.2, 0.25) is 0 Å². The van der Waals surface area contributed by atoms with E-state index in [1.165, 1.54) is 24.3 Å². The maximum atomic E-state index is 14.0. The first-order valence-electron chi connectivity index (χ1n) is 18.6. The zero-order chi connectivity index (χ0) is 42.7. The number of nitrogens with zero attached hydrogens (tertiary/aromatic N) is 4. The van der Waals surface area contributed by atoms with Crippen molar-refractivity contribution >= 4 is 21.8 Å². The molecule has 0 atom stereocenters. The minimum absolute atomic E-state index is 0.0755. The molecule has 0 saturated heterocycles. The lowest BCUT2D eigenvalue weighted by Crippen LogP contribution is -2.11. The van der Waals surface area contributed by atoms with Crippen LogP contribution >= 0.6 is 0 Å². The van der Waals surface area contributed by atoms with Crippen LogP contribution in [0.25, 0.3) is 83.9 Å². The summed E-state index contributed by atoms with van der Waals surface area (Å²) in [5, 5.41) is 1.33. The quantitative estimate of drug-likeness (QED) is 0.157. The number of para-hydroxylation sites is 1. The van der Waals surface area contributed by atoms with Crippen molar-refractivity contribution in [2.75, 3.05) is 0 Å². The molecule has 9 aromatic rings. The molecule has 0 spiro atoms. The van der Waals surface area contributed by atoms with E-state index >= 15 is 0 Å². The van der Waals surface area contributed by atoms with E-state index in [2.05, 4.69) is 0 Å². The van der Waals surface area contributed by atoms with Gasteiger partial charge < -0.3 is 4.57 Å². The van der Waals surface area contributed by atoms with Crippen LogP contribution in [0.4, 0.5) is 39.5 Å². The van der Waals surface area contributed by atoms with Crippen LogP contribution in [0.2, 0.25) is 0 Å². The summed E-state index contributed by atoms with van der Waals surface area (Å²) in [6, 6.07) is 41.6. The van der Waals surface area contributed by atoms with Gasteiger partial charge in [-0.15, -0.1) is 0 Å². The topological polar surface area (TPSA) is 43.6 Å². The van der Waals surface area contributed by atoms with Crippen molar-refractivity contribution in [2.24, 2.45) is 0 Å². The number of alkyl halides is 9. The second-order valence-corrected chi connectivity index (χ2v) is 14.2. The van der Waals surface area contributed by atoms with Crippen molar-refractivity contribution in [3.05, 3.63) is 180 Å². The first-order valence-corrected chi connectivity index (χ1v) is 18.6. The Morgan fingerprint density at radius 3 is 1.38 bits per heavy atom. The summed E-state index contributed by atoms with van der Waals surface area (Å²) in [7, 11) is 0. The molecule has 0 radical (unpaired) electrons. The number of aromatic nitrogens is 4. The monoisotopic (exact) mass is 830 g/mol. The van der Waals surface area contributed by atoms with Gasteiger partial charge >= 0.3 is 18.5 Å². The highest BCUT2D eigenvalue weighted by atomic mass is 19.4. The third kappa shape index (κ3) is 7.58. The number of benzene rings is 7. The summed E-state index contributed by atoms with van der Waals surface area (Å²) in [4.78, 5) is 14.7. The average Bonchev–Trinajstić information content (AvgIpc) is 3.59. The van der Waals surface area contributed by atoms with Crippen molar-refractivity contribution in [1.29, 1.82) is 0 Å². The van der Waals surface area contributed by atoms with E-state index in [-0.39, 0.29) is 23.0 Å². The van der Waals surface area contributed by atoms with Crippen LogP contribution in [0, 0.1) is 0 Å². The molecule has 0 aliphatic heterocycles. The molecular formula is C48H27F9N4. The van der Waals surface area contributed by atoms with Crippen LogP contribution in [0.1, 0.15) is 16.7 Å². The Morgan fingerprint density at radius 1 is 0.328 bits per heavy atom. The normalized spacial score (nSPS) is 12.3. The van der Waals surface area contributed by atoms with E-state index in [1.807, 2.05) is 77.4 Å². The Morgan fingerprint density at radius 2 is 0.803 bits per heavy atom. The standard InChI is InChI=1S/C48H27F9N4/c49-46(50,51)34-19-15-28(16-20-34)31-18-22-39(45-59-43(29-9-3-1-4-10-29)58-44(60-45)30-11-5-2-6-12-30)42(25-31)61-40-14-8-7-13-37(40)38-21-17-32(26-41(38)61)33-23-35(47(52,53)54)27-36(24-33)48(55,56)57/h1-27H. The maximum absolute atomic E-state index is 14.0. The molecule has 2 heterocycles. The van der Waals surface area contributed by atoms with Crippen LogP contribution in [-0.4, -0.2) is 19.5 Å². The van der Waals surface area contributed by atoms with Gasteiger partial charge in [-0.2, -0.15) is 39.5 Å². The molecule has 13 heteroatoms. The van der Waals surface area contributed by atoms with E-state index in [4.69, 9.17) is 15.0 Å². The fourth-order valence-electron chi connectivity index (χ4n) is 7.40. The summed E-state index contributed by atoms with van der Waals surface area (Å²) < 4.78 is 127. The highest BCUT2D eigenvalue weighted by molar-refractivity contribution is 6.10. The van der Waals surface area contributed by atoms with E-state index in [0.717, 1.165) is 12.1 Å². The Labute approximate surface area is 341 Å². The van der Waals surface area contributed by atoms with Gasteiger partial charge in [0.25, 0.3) is 0 Å². The number of hydrogen-bond acceptors (Lipinski definition) is 3. The first-order chi connectivity index (χ1) is 29.1. The predicted molar refractivity (Wildman–Crippen MR) is 216 cm³/mol. The molecule has 0 unspecified atom stereocenters. The Bertz CT molecular complexity index is 2990. The van der Waals surface area contributed by atoms with Crippen molar-refractivity contribution < 1.29 is 39.5 Å². The Balaban J connectivity index is 1.34. The zero-order valence-electron chi connectivity index (χ0n) is 31.3. The van der Waals surface area contributed by atoms with Gasteiger partial charge in [-0.05, 0) is 76.9 Å². The van der Waals surface area contributed by atoms with Gasteiger partial charge in [-0.3, -0.25) is 0 Å². The molecule has 0 aliphatic rings. The van der Waals surface area contributed by atoms with Crippen molar-refractivity contribution in [3.8, 4) is 62.1 Å². The van der Waals surface area contributed by atoms with Gasteiger partial charge in [0.1, 0.15) is 0 Å². The summed E-state index contributed by atoms with van der Waals surface area (Å²) in [5.41, 5.74) is 0.229. The molecule has 0 fully saturated rings. The third-order valence-electron chi connectivity index (χ3n) is 10.3. The minimum Gasteiger partial charge on any atom is -0.308 e. The summed E-state index contributed by atoms with van der Waals surface area (Å²) >= 11 is 0. The second kappa shape index (κ2) is 14.8. The molecule has 0 N–H and O–H groups in total. The van der Waals surface area contributed by atoms with Crippen molar-refractivity contribution in [1.82, 2.24) is 19.5 Å². The molecular weight excluding hydrogens is 804 g/mol. The molecule has 302 valence electrons. The highest BCUT2D eigenvalue weighted by Crippen LogP contribution is 2.43. The van der Waals surface area contributed by atoms with E-state index in [1.54, 1.807) is 36.4 Å². The molecule has 0 saturated carbocycles. The predicted octanol–water partition coefficient (Wildman–Crippen LogP) is 14.4. The summed E-state index contributed by atoms with van der Waals surface area (Å²) in [6.07, 6.45) is -14.7. The SMILES string of the molecule is FC(F)(F)c1ccc(-c2ccc(-c3nc(-c4ccccc4)nc(-c4ccccc4)n3)c(-n3c4ccccc4c4ccc(-c5cc(C(F)(F)F)cc(C(F)(F)F)c5)cc43)c2)cc1.